The number of benzene rings is 1. The van der Waals surface area contributed by atoms with Crippen LogP contribution >= 0.6 is 45.8 Å². The monoisotopic (exact) mass is 482 g/mol. The summed E-state index contributed by atoms with van der Waals surface area (Å²) >= 11 is 6.38. The number of fused-ring (bicyclic) bond motifs is 2. The Morgan fingerprint density at radius 2 is 2.06 bits per heavy atom. The molecule has 0 atom stereocenters. The maximum atomic E-state index is 13.0. The maximum Gasteiger partial charge on any atom is 0.267 e. The molecule has 156 valence electrons. The van der Waals surface area contributed by atoms with Crippen molar-refractivity contribution in [1.82, 2.24) is 9.97 Å². The number of rotatable bonds is 6. The summed E-state index contributed by atoms with van der Waals surface area (Å²) in [5.41, 5.74) is 9.35. The lowest BCUT2D eigenvalue weighted by Crippen LogP contribution is -2.11. The van der Waals surface area contributed by atoms with Crippen LogP contribution in [0.5, 0.6) is 0 Å². The van der Waals surface area contributed by atoms with E-state index in [1.807, 2.05) is 47.8 Å². The number of carbonyl (C=O) groups is 1. The van der Waals surface area contributed by atoms with E-state index in [-0.39, 0.29) is 5.91 Å². The van der Waals surface area contributed by atoms with Crippen LogP contribution < -0.4 is 11.1 Å². The molecule has 5 nitrogen and oxygen atoms in total. The molecule has 31 heavy (non-hydrogen) atoms. The van der Waals surface area contributed by atoms with Crippen LogP contribution in [0.25, 0.3) is 31.0 Å². The molecule has 5 rings (SSSR count). The van der Waals surface area contributed by atoms with Gasteiger partial charge in [-0.1, -0.05) is 24.8 Å². The number of hydrogen-bond donors (Lipinski definition) is 2. The van der Waals surface area contributed by atoms with E-state index in [1.165, 1.54) is 11.3 Å². The molecule has 0 spiro atoms. The molecule has 0 unspecified atom stereocenters. The van der Waals surface area contributed by atoms with Crippen molar-refractivity contribution in [2.75, 3.05) is 16.8 Å². The third-order valence-corrected chi connectivity index (χ3v) is 9.00. The van der Waals surface area contributed by atoms with Gasteiger partial charge in [-0.2, -0.15) is 0 Å². The lowest BCUT2D eigenvalue weighted by Gasteiger charge is -2.04. The van der Waals surface area contributed by atoms with Gasteiger partial charge in [-0.05, 0) is 48.2 Å². The largest absolute Gasteiger partial charge is 0.397 e. The number of nitrogens with zero attached hydrogens (tertiary/aromatic N) is 2. The number of thioether (sulfide) groups is 1. The smallest absolute Gasteiger partial charge is 0.267 e. The zero-order chi connectivity index (χ0) is 21.4. The van der Waals surface area contributed by atoms with Crippen LogP contribution in [-0.2, 0) is 0 Å². The second kappa shape index (κ2) is 8.58. The van der Waals surface area contributed by atoms with Crippen molar-refractivity contribution < 1.29 is 4.79 Å². The molecule has 0 fully saturated rings. The van der Waals surface area contributed by atoms with Crippen LogP contribution in [0.15, 0.2) is 52.2 Å². The van der Waals surface area contributed by atoms with E-state index in [0.29, 0.717) is 10.6 Å². The van der Waals surface area contributed by atoms with Crippen LogP contribution in [0.1, 0.15) is 23.0 Å². The van der Waals surface area contributed by atoms with Gasteiger partial charge < -0.3 is 11.1 Å². The second-order valence-electron chi connectivity index (χ2n) is 6.84. The van der Waals surface area contributed by atoms with Crippen molar-refractivity contribution in [3.63, 3.8) is 0 Å². The summed E-state index contributed by atoms with van der Waals surface area (Å²) in [4.78, 5) is 24.7. The molecule has 0 aliphatic carbocycles. The fourth-order valence-electron chi connectivity index (χ4n) is 3.15. The Morgan fingerprint density at radius 1 is 1.16 bits per heavy atom. The predicted molar refractivity (Wildman–Crippen MR) is 136 cm³/mol. The summed E-state index contributed by atoms with van der Waals surface area (Å²) in [5, 5.41) is 5.82. The van der Waals surface area contributed by atoms with E-state index in [9.17, 15) is 4.79 Å². The summed E-state index contributed by atoms with van der Waals surface area (Å²) in [7, 11) is 0. The number of thiophene rings is 2. The number of anilines is 2. The number of amides is 1. The van der Waals surface area contributed by atoms with Crippen LogP contribution in [0, 0.1) is 0 Å². The zero-order valence-electron chi connectivity index (χ0n) is 16.5. The van der Waals surface area contributed by atoms with E-state index in [4.69, 9.17) is 10.7 Å². The lowest BCUT2D eigenvalue weighted by atomic mass is 10.2. The van der Waals surface area contributed by atoms with Gasteiger partial charge in [0.25, 0.3) is 5.91 Å². The summed E-state index contributed by atoms with van der Waals surface area (Å²) in [5.74, 6) is 0.833. The molecule has 0 bridgehead atoms. The van der Waals surface area contributed by atoms with E-state index >= 15 is 0 Å². The Labute approximate surface area is 195 Å². The van der Waals surface area contributed by atoms with Gasteiger partial charge in [-0.25, -0.2) is 9.97 Å². The second-order valence-corrected chi connectivity index (χ2v) is 11.2. The standard InChI is InChI=1S/C22H18N4OS4/c1-2-9-29-22-26-15-7-5-12(11-17(15)30-22)24-20(27)19-18(23)13-6-8-14(25-21(13)31-19)16-4-3-10-28-16/h3-8,10-11H,2,9,23H2,1H3,(H,24,27). The van der Waals surface area contributed by atoms with Crippen molar-refractivity contribution in [3.8, 4) is 10.6 Å². The van der Waals surface area contributed by atoms with Crippen molar-refractivity contribution in [2.45, 2.75) is 17.7 Å². The molecule has 3 N–H and O–H groups in total. The van der Waals surface area contributed by atoms with Gasteiger partial charge in [0.15, 0.2) is 4.34 Å². The predicted octanol–water partition coefficient (Wildman–Crippen LogP) is 6.97. The maximum absolute atomic E-state index is 13.0. The minimum Gasteiger partial charge on any atom is -0.397 e. The van der Waals surface area contributed by atoms with Crippen LogP contribution in [-0.4, -0.2) is 21.6 Å². The van der Waals surface area contributed by atoms with E-state index < -0.39 is 0 Å². The molecule has 1 aromatic carbocycles. The number of hydrogen-bond acceptors (Lipinski definition) is 8. The Kier molecular flexibility index (Phi) is 5.66. The lowest BCUT2D eigenvalue weighted by molar-refractivity contribution is 0.103. The first-order valence-electron chi connectivity index (χ1n) is 9.70. The minimum atomic E-state index is -0.220. The Morgan fingerprint density at radius 3 is 2.87 bits per heavy atom. The van der Waals surface area contributed by atoms with Crippen molar-refractivity contribution in [1.29, 1.82) is 0 Å². The Bertz CT molecular complexity index is 1390. The van der Waals surface area contributed by atoms with Crippen molar-refractivity contribution in [3.05, 3.63) is 52.7 Å². The molecule has 0 aliphatic heterocycles. The third-order valence-electron chi connectivity index (χ3n) is 4.63. The molecule has 0 aliphatic rings. The third kappa shape index (κ3) is 4.06. The molecule has 1 amide bonds. The summed E-state index contributed by atoms with van der Waals surface area (Å²) < 4.78 is 2.12. The number of pyridine rings is 1. The molecule has 9 heteroatoms. The minimum absolute atomic E-state index is 0.220. The highest BCUT2D eigenvalue weighted by molar-refractivity contribution is 8.01. The first-order chi connectivity index (χ1) is 15.1. The van der Waals surface area contributed by atoms with Crippen LogP contribution in [0.4, 0.5) is 11.4 Å². The molecule has 0 saturated heterocycles. The van der Waals surface area contributed by atoms with E-state index in [1.54, 1.807) is 34.4 Å². The Hall–Kier alpha value is -2.46. The van der Waals surface area contributed by atoms with Crippen molar-refractivity contribution >= 4 is 83.5 Å². The average Bonchev–Trinajstić information content (AvgIpc) is 3.50. The van der Waals surface area contributed by atoms with Gasteiger partial charge >= 0.3 is 0 Å². The Balaban J connectivity index is 1.41. The summed E-state index contributed by atoms with van der Waals surface area (Å²) in [6, 6.07) is 13.7. The number of nitrogen functional groups attached to an aromatic ring is 1. The van der Waals surface area contributed by atoms with Crippen LogP contribution in [0.3, 0.4) is 0 Å². The first-order valence-corrected chi connectivity index (χ1v) is 13.2. The highest BCUT2D eigenvalue weighted by atomic mass is 32.2. The normalized spacial score (nSPS) is 11.4. The zero-order valence-corrected chi connectivity index (χ0v) is 19.8. The van der Waals surface area contributed by atoms with Gasteiger partial charge in [0, 0.05) is 16.8 Å². The number of nitrogens with two attached hydrogens (primary N) is 1. The number of nitrogens with one attached hydrogen (secondary N) is 1. The molecule has 5 aromatic rings. The number of thiazole rings is 1. The molecular formula is C22H18N4OS4. The quantitative estimate of drug-likeness (QED) is 0.255. The SMILES string of the molecule is CCCSc1nc2ccc(NC(=O)c3sc4nc(-c5cccs5)ccc4c3N)cc2s1. The molecular weight excluding hydrogens is 465 g/mol. The van der Waals surface area contributed by atoms with Gasteiger partial charge in [0.05, 0.1) is 26.5 Å². The topological polar surface area (TPSA) is 80.9 Å². The highest BCUT2D eigenvalue weighted by Gasteiger charge is 2.18. The van der Waals surface area contributed by atoms with E-state index in [0.717, 1.165) is 53.2 Å². The fourth-order valence-corrected chi connectivity index (χ4v) is 6.86. The highest BCUT2D eigenvalue weighted by Crippen LogP contribution is 2.36. The van der Waals surface area contributed by atoms with Crippen molar-refractivity contribution in [2.24, 2.45) is 0 Å². The first kappa shape index (κ1) is 20.4. The molecule has 0 radical (unpaired) electrons. The average molecular weight is 483 g/mol. The van der Waals surface area contributed by atoms with Gasteiger partial charge in [-0.15, -0.1) is 34.0 Å². The fraction of sp³-hybridized carbons (Fsp3) is 0.136. The summed E-state index contributed by atoms with van der Waals surface area (Å²) in [6.07, 6.45) is 1.11. The summed E-state index contributed by atoms with van der Waals surface area (Å²) in [6.45, 7) is 2.16. The molecule has 0 saturated carbocycles. The van der Waals surface area contributed by atoms with Gasteiger partial charge in [-0.3, -0.25) is 4.79 Å². The number of aromatic nitrogens is 2. The molecule has 4 aromatic heterocycles. The van der Waals surface area contributed by atoms with E-state index in [2.05, 4.69) is 17.2 Å². The number of carbonyl (C=O) groups excluding carboxylic acids is 1. The van der Waals surface area contributed by atoms with Gasteiger partial charge in [0.2, 0.25) is 0 Å². The van der Waals surface area contributed by atoms with Gasteiger partial charge in [0.1, 0.15) is 9.71 Å². The van der Waals surface area contributed by atoms with Crippen LogP contribution in [0.2, 0.25) is 0 Å². The molecule has 4 heterocycles.